The normalized spacial score (nSPS) is 20.4. The molecule has 0 aromatic heterocycles. The molecule has 0 saturated heterocycles. The van der Waals surface area contributed by atoms with Crippen molar-refractivity contribution in [1.29, 1.82) is 0 Å². The van der Waals surface area contributed by atoms with Crippen molar-refractivity contribution < 1.29 is 58.9 Å². The predicted octanol–water partition coefficient (Wildman–Crippen LogP) is -2.56. The molecule has 2 aromatic rings. The number of aryl methyl sites for hydroxylation is 2. The number of halogens is 3. The van der Waals surface area contributed by atoms with E-state index >= 15 is 0 Å². The van der Waals surface area contributed by atoms with E-state index < -0.39 is 8.80 Å². The van der Waals surface area contributed by atoms with Crippen LogP contribution in [-0.4, -0.2) is 8.80 Å². The predicted molar refractivity (Wildman–Crippen MR) is 135 cm³/mol. The van der Waals surface area contributed by atoms with E-state index in [4.69, 9.17) is 0 Å². The van der Waals surface area contributed by atoms with Crippen molar-refractivity contribution in [2.45, 2.75) is 85.1 Å². The van der Waals surface area contributed by atoms with Crippen LogP contribution in [0.15, 0.2) is 42.5 Å². The smallest absolute Gasteiger partial charge is 1.00 e. The van der Waals surface area contributed by atoms with Crippen LogP contribution in [0.5, 0.6) is 0 Å². The van der Waals surface area contributed by atoms with Gasteiger partial charge >= 0.3 is 21.7 Å². The van der Waals surface area contributed by atoms with E-state index in [0.717, 1.165) is 5.92 Å². The molecule has 0 nitrogen and oxygen atoms in total. The molecular formula is C29H39Cl3SiTi. The van der Waals surface area contributed by atoms with E-state index in [1.165, 1.54) is 60.8 Å². The summed E-state index contributed by atoms with van der Waals surface area (Å²) in [6.07, 6.45) is 18.1. The standard InChI is InChI=1S/C29H39Si.3ClH.Ti/c1-20-17-21(2)19-27(18-20)30(28-24(5)22(3)23(4)25(28)6)29(15-11-8-12-16-29)26-13-9-7-10-14-26;;;;/h8,11-12,15,17-19,26,30H,7,9-10,13-14,16H2,1-6H3;3*1H;/q-1;;;;+4/p-3. The first kappa shape index (κ1) is 33.9. The van der Waals surface area contributed by atoms with Crippen LogP contribution >= 0.6 is 0 Å². The van der Waals surface area contributed by atoms with Crippen LogP contribution in [0, 0.1) is 47.5 Å². The second kappa shape index (κ2) is 14.0. The molecule has 0 radical (unpaired) electrons. The van der Waals surface area contributed by atoms with Crippen LogP contribution in [0.4, 0.5) is 0 Å². The Hall–Kier alpha value is -0.149. The Balaban J connectivity index is 0.00000272. The van der Waals surface area contributed by atoms with Crippen LogP contribution in [-0.2, 0) is 21.7 Å². The van der Waals surface area contributed by atoms with Gasteiger partial charge in [-0.3, -0.25) is 0 Å². The van der Waals surface area contributed by atoms with Gasteiger partial charge in [-0.1, -0.05) is 106 Å². The van der Waals surface area contributed by atoms with Gasteiger partial charge in [0.2, 0.25) is 0 Å². The first-order chi connectivity index (χ1) is 14.3. The molecule has 1 fully saturated rings. The number of allylic oxidation sites excluding steroid dienone is 4. The third-order valence-electron chi connectivity index (χ3n) is 8.39. The first-order valence-electron chi connectivity index (χ1n) is 12.0. The molecule has 0 N–H and O–H groups in total. The molecule has 34 heavy (non-hydrogen) atoms. The fraction of sp³-hybridized carbons (Fsp3) is 0.483. The maximum absolute atomic E-state index is 2.67. The molecule has 0 heterocycles. The molecule has 2 aliphatic rings. The Morgan fingerprint density at radius 3 is 1.76 bits per heavy atom. The van der Waals surface area contributed by atoms with Crippen molar-refractivity contribution in [3.8, 4) is 0 Å². The van der Waals surface area contributed by atoms with Gasteiger partial charge in [0.25, 0.3) is 0 Å². The van der Waals surface area contributed by atoms with Crippen molar-refractivity contribution in [2.75, 3.05) is 0 Å². The fourth-order valence-corrected chi connectivity index (χ4v) is 11.8. The van der Waals surface area contributed by atoms with Gasteiger partial charge in [-0.05, 0) is 44.1 Å². The largest absolute Gasteiger partial charge is 4.00 e. The summed E-state index contributed by atoms with van der Waals surface area (Å²) in [5.41, 5.74) is 9.06. The Morgan fingerprint density at radius 2 is 1.29 bits per heavy atom. The van der Waals surface area contributed by atoms with Crippen LogP contribution in [0.1, 0.15) is 71.9 Å². The minimum Gasteiger partial charge on any atom is -1.00 e. The van der Waals surface area contributed by atoms with Crippen molar-refractivity contribution in [3.05, 3.63) is 75.9 Å². The molecule has 4 rings (SSSR count). The molecule has 1 saturated carbocycles. The van der Waals surface area contributed by atoms with Gasteiger partial charge in [0.15, 0.2) is 0 Å². The topological polar surface area (TPSA) is 0 Å². The monoisotopic (exact) mass is 568 g/mol. The SMILES string of the molecule is Cc1cc(C)cc([SiH]([c-]2c(C)c(C)c(C)c2C)C2(C3CCCCC3)C=CC=CC2)c1.[Cl-].[Cl-].[Cl-].[Ti+4]. The minimum atomic E-state index is -1.52. The molecule has 2 atom stereocenters. The van der Waals surface area contributed by atoms with Crippen molar-refractivity contribution in [3.63, 3.8) is 0 Å². The number of benzene rings is 1. The quantitative estimate of drug-likeness (QED) is 0.281. The number of rotatable bonds is 4. The van der Waals surface area contributed by atoms with Gasteiger partial charge < -0.3 is 37.2 Å². The van der Waals surface area contributed by atoms with E-state index in [1.54, 1.807) is 21.5 Å². The fourth-order valence-electron chi connectivity index (χ4n) is 6.65. The maximum Gasteiger partial charge on any atom is 4.00 e. The van der Waals surface area contributed by atoms with Crippen molar-refractivity contribution >= 4 is 19.2 Å². The molecule has 2 unspecified atom stereocenters. The van der Waals surface area contributed by atoms with Crippen LogP contribution < -0.4 is 47.6 Å². The van der Waals surface area contributed by atoms with Gasteiger partial charge in [0.1, 0.15) is 0 Å². The molecule has 5 heteroatoms. The first-order valence-corrected chi connectivity index (χ1v) is 13.7. The molecule has 2 aliphatic carbocycles. The Labute approximate surface area is 243 Å². The summed E-state index contributed by atoms with van der Waals surface area (Å²) < 4.78 is 0. The minimum absolute atomic E-state index is 0. The average Bonchev–Trinajstić information content (AvgIpc) is 2.93. The summed E-state index contributed by atoms with van der Waals surface area (Å²) >= 11 is 0. The van der Waals surface area contributed by atoms with Crippen molar-refractivity contribution in [2.24, 2.45) is 5.92 Å². The van der Waals surface area contributed by atoms with E-state index in [9.17, 15) is 0 Å². The van der Waals surface area contributed by atoms with Crippen LogP contribution in [0.2, 0.25) is 5.04 Å². The second-order valence-electron chi connectivity index (χ2n) is 10.2. The Morgan fingerprint density at radius 1 is 0.765 bits per heavy atom. The van der Waals surface area contributed by atoms with Gasteiger partial charge in [-0.15, -0.1) is 0 Å². The van der Waals surface area contributed by atoms with Gasteiger partial charge in [0, 0.05) is 0 Å². The van der Waals surface area contributed by atoms with E-state index in [-0.39, 0.29) is 58.9 Å². The molecule has 0 aliphatic heterocycles. The zero-order chi connectivity index (χ0) is 21.5. The zero-order valence-electron chi connectivity index (χ0n) is 21.6. The second-order valence-corrected chi connectivity index (χ2v) is 13.4. The summed E-state index contributed by atoms with van der Waals surface area (Å²) in [7, 11) is -1.52. The summed E-state index contributed by atoms with van der Waals surface area (Å²) in [5, 5.41) is 3.73. The Kier molecular flexibility index (Phi) is 13.9. The summed E-state index contributed by atoms with van der Waals surface area (Å²) in [6, 6.07) is 7.43. The summed E-state index contributed by atoms with van der Waals surface area (Å²) in [4.78, 5) is 0. The molecule has 0 amide bonds. The zero-order valence-corrected chi connectivity index (χ0v) is 26.6. The molecule has 184 valence electrons. The number of hydrogen-bond donors (Lipinski definition) is 0. The van der Waals surface area contributed by atoms with E-state index in [0.29, 0.717) is 5.04 Å². The summed E-state index contributed by atoms with van der Waals surface area (Å²) in [5.74, 6) is 0.819. The third kappa shape index (κ3) is 6.21. The van der Waals surface area contributed by atoms with Gasteiger partial charge in [-0.2, -0.15) is 27.4 Å². The molecule has 0 spiro atoms. The molecular weight excluding hydrogens is 531 g/mol. The molecule has 0 bridgehead atoms. The Bertz CT molecular complexity index is 956. The molecule has 2 aromatic carbocycles. The summed E-state index contributed by atoms with van der Waals surface area (Å²) in [6.45, 7) is 14.1. The number of hydrogen-bond acceptors (Lipinski definition) is 0. The van der Waals surface area contributed by atoms with Crippen molar-refractivity contribution in [1.82, 2.24) is 0 Å². The van der Waals surface area contributed by atoms with E-state index in [1.807, 2.05) is 0 Å². The average molecular weight is 570 g/mol. The van der Waals surface area contributed by atoms with Crippen LogP contribution in [0.3, 0.4) is 0 Å². The third-order valence-corrected chi connectivity index (χ3v) is 12.8. The van der Waals surface area contributed by atoms with Crippen LogP contribution in [0.25, 0.3) is 0 Å². The van der Waals surface area contributed by atoms with Gasteiger partial charge in [0.05, 0.1) is 8.80 Å². The van der Waals surface area contributed by atoms with E-state index in [2.05, 4.69) is 84.0 Å². The maximum atomic E-state index is 2.67. The van der Waals surface area contributed by atoms with Gasteiger partial charge in [-0.25, -0.2) is 0 Å².